The molecule has 0 atom stereocenters. The Morgan fingerprint density at radius 2 is 1.84 bits per heavy atom. The number of aromatic hydroxyl groups is 1. The van der Waals surface area contributed by atoms with Crippen LogP contribution >= 0.6 is 0 Å². The summed E-state index contributed by atoms with van der Waals surface area (Å²) in [5.74, 6) is 0.567. The maximum atomic E-state index is 12.3. The largest absolute Gasteiger partial charge is 0.507 e. The molecule has 2 aromatic carbocycles. The molecular weight excluding hydrogens is 312 g/mol. The average molecular weight is 336 g/mol. The van der Waals surface area contributed by atoms with Gasteiger partial charge in [-0.25, -0.2) is 0 Å². The molecule has 0 amide bonds. The molecule has 0 unspecified atom stereocenters. The molecule has 25 heavy (non-hydrogen) atoms. The number of hydrogen-bond acceptors (Lipinski definition) is 3. The summed E-state index contributed by atoms with van der Waals surface area (Å²) in [6, 6.07) is 10.8. The minimum absolute atomic E-state index is 0.0836. The molecule has 0 aliphatic rings. The van der Waals surface area contributed by atoms with Crippen LogP contribution in [0.4, 0.5) is 0 Å². The normalized spacial score (nSPS) is 11.5. The lowest BCUT2D eigenvalue weighted by Gasteiger charge is -2.23. The number of ether oxygens (including phenoxy) is 1. The molecule has 0 heterocycles. The number of phenols is 1. The maximum Gasteiger partial charge on any atom is 0.185 e. The van der Waals surface area contributed by atoms with Gasteiger partial charge >= 0.3 is 0 Å². The fraction of sp³-hybridized carbons (Fsp3) is 0.227. The van der Waals surface area contributed by atoms with Gasteiger partial charge in [-0.05, 0) is 25.1 Å². The van der Waals surface area contributed by atoms with E-state index in [1.807, 2.05) is 51.1 Å². The average Bonchev–Trinajstić information content (AvgIpc) is 2.60. The van der Waals surface area contributed by atoms with Gasteiger partial charge < -0.3 is 9.84 Å². The van der Waals surface area contributed by atoms with Gasteiger partial charge in [-0.2, -0.15) is 0 Å². The second kappa shape index (κ2) is 7.39. The van der Waals surface area contributed by atoms with Gasteiger partial charge in [0.05, 0.1) is 7.11 Å². The summed E-state index contributed by atoms with van der Waals surface area (Å²) < 4.78 is 5.33. The highest BCUT2D eigenvalue weighted by Crippen LogP contribution is 2.37. The lowest BCUT2D eigenvalue weighted by molar-refractivity contribution is 0.104. The second-order valence-electron chi connectivity index (χ2n) is 6.60. The Kier molecular flexibility index (Phi) is 5.48. The number of allylic oxidation sites excluding steroid dienone is 2. The third-order valence-corrected chi connectivity index (χ3v) is 4.30. The number of carbonyl (C=O) groups is 1. The standard InChI is InChI=1S/C22H24O3/c1-6-22(3,4)18-13-17(21(25-5)14-20(18)24)11-12-19(23)16-9-7-15(2)8-10-16/h6-14,24H,1H2,2-5H3/b12-11+. The highest BCUT2D eigenvalue weighted by molar-refractivity contribution is 6.07. The fourth-order valence-corrected chi connectivity index (χ4v) is 2.50. The predicted octanol–water partition coefficient (Wildman–Crippen LogP) is 5.07. The van der Waals surface area contributed by atoms with E-state index in [0.29, 0.717) is 11.3 Å². The van der Waals surface area contributed by atoms with E-state index in [1.165, 1.54) is 13.2 Å². The Hall–Kier alpha value is -2.81. The van der Waals surface area contributed by atoms with Crippen LogP contribution in [0.5, 0.6) is 11.5 Å². The van der Waals surface area contributed by atoms with Gasteiger partial charge in [-0.3, -0.25) is 4.79 Å². The van der Waals surface area contributed by atoms with E-state index in [-0.39, 0.29) is 11.5 Å². The molecule has 0 aromatic heterocycles. The zero-order chi connectivity index (χ0) is 18.6. The molecule has 0 aliphatic carbocycles. The molecule has 2 aromatic rings. The van der Waals surface area contributed by atoms with E-state index in [4.69, 9.17) is 4.74 Å². The van der Waals surface area contributed by atoms with Crippen LogP contribution < -0.4 is 4.74 Å². The minimum Gasteiger partial charge on any atom is -0.507 e. The Bertz CT molecular complexity index is 812. The first-order valence-electron chi connectivity index (χ1n) is 8.12. The minimum atomic E-state index is -0.403. The first-order chi connectivity index (χ1) is 11.8. The zero-order valence-corrected chi connectivity index (χ0v) is 15.2. The van der Waals surface area contributed by atoms with Gasteiger partial charge in [0.1, 0.15) is 11.5 Å². The topological polar surface area (TPSA) is 46.5 Å². The highest BCUT2D eigenvalue weighted by atomic mass is 16.5. The molecule has 1 N–H and O–H groups in total. The van der Waals surface area contributed by atoms with Crippen LogP contribution in [0.1, 0.15) is 40.9 Å². The lowest BCUT2D eigenvalue weighted by Crippen LogP contribution is -2.13. The number of aryl methyl sites for hydroxylation is 1. The van der Waals surface area contributed by atoms with Crippen molar-refractivity contribution in [3.05, 3.63) is 77.4 Å². The summed E-state index contributed by atoms with van der Waals surface area (Å²) in [6.07, 6.45) is 5.01. The number of rotatable bonds is 6. The monoisotopic (exact) mass is 336 g/mol. The summed E-state index contributed by atoms with van der Waals surface area (Å²) in [5, 5.41) is 10.3. The number of carbonyl (C=O) groups excluding carboxylic acids is 1. The van der Waals surface area contributed by atoms with Crippen molar-refractivity contribution in [2.75, 3.05) is 7.11 Å². The molecule has 0 radical (unpaired) electrons. The van der Waals surface area contributed by atoms with Gasteiger partial charge in [-0.15, -0.1) is 6.58 Å². The van der Waals surface area contributed by atoms with Gasteiger partial charge in [0.2, 0.25) is 0 Å². The molecule has 0 bridgehead atoms. The lowest BCUT2D eigenvalue weighted by atomic mass is 9.83. The van der Waals surface area contributed by atoms with Crippen molar-refractivity contribution in [1.82, 2.24) is 0 Å². The summed E-state index contributed by atoms with van der Waals surface area (Å²) in [6.45, 7) is 9.74. The number of ketones is 1. The maximum absolute atomic E-state index is 12.3. The molecule has 0 aliphatic heterocycles. The van der Waals surface area contributed by atoms with Crippen molar-refractivity contribution in [3.8, 4) is 11.5 Å². The van der Waals surface area contributed by atoms with E-state index >= 15 is 0 Å². The van der Waals surface area contributed by atoms with Gasteiger partial charge in [-0.1, -0.05) is 49.8 Å². The van der Waals surface area contributed by atoms with Crippen molar-refractivity contribution in [2.24, 2.45) is 0 Å². The van der Waals surface area contributed by atoms with Crippen LogP contribution in [0.25, 0.3) is 6.08 Å². The first-order valence-corrected chi connectivity index (χ1v) is 8.12. The Balaban J connectivity index is 2.40. The van der Waals surface area contributed by atoms with Gasteiger partial charge in [0, 0.05) is 28.2 Å². The van der Waals surface area contributed by atoms with E-state index in [2.05, 4.69) is 6.58 Å². The van der Waals surface area contributed by atoms with Crippen LogP contribution in [-0.2, 0) is 5.41 Å². The molecule has 2 rings (SSSR count). The van der Waals surface area contributed by atoms with Crippen molar-refractivity contribution < 1.29 is 14.6 Å². The fourth-order valence-electron chi connectivity index (χ4n) is 2.50. The smallest absolute Gasteiger partial charge is 0.185 e. The molecule has 0 saturated heterocycles. The molecule has 130 valence electrons. The number of methoxy groups -OCH3 is 1. The van der Waals surface area contributed by atoms with Crippen LogP contribution in [0.2, 0.25) is 0 Å². The number of hydrogen-bond donors (Lipinski definition) is 1. The van der Waals surface area contributed by atoms with Gasteiger partial charge in [0.15, 0.2) is 5.78 Å². The van der Waals surface area contributed by atoms with Crippen molar-refractivity contribution >= 4 is 11.9 Å². The van der Waals surface area contributed by atoms with Crippen LogP contribution in [-0.4, -0.2) is 18.0 Å². The highest BCUT2D eigenvalue weighted by Gasteiger charge is 2.22. The van der Waals surface area contributed by atoms with E-state index in [9.17, 15) is 9.90 Å². The van der Waals surface area contributed by atoms with E-state index < -0.39 is 5.41 Å². The van der Waals surface area contributed by atoms with Crippen LogP contribution in [0.3, 0.4) is 0 Å². The van der Waals surface area contributed by atoms with E-state index in [1.54, 1.807) is 18.2 Å². The molecule has 0 fully saturated rings. The van der Waals surface area contributed by atoms with Crippen LogP contribution in [0, 0.1) is 6.92 Å². The summed E-state index contributed by atoms with van der Waals surface area (Å²) in [4.78, 5) is 12.3. The number of benzene rings is 2. The third kappa shape index (κ3) is 4.18. The second-order valence-corrected chi connectivity index (χ2v) is 6.60. The molecule has 3 nitrogen and oxygen atoms in total. The first kappa shape index (κ1) is 18.5. The quantitative estimate of drug-likeness (QED) is 0.455. The third-order valence-electron chi connectivity index (χ3n) is 4.30. The van der Waals surface area contributed by atoms with Crippen molar-refractivity contribution in [3.63, 3.8) is 0 Å². The SMILES string of the molecule is C=CC(C)(C)c1cc(/C=C/C(=O)c2ccc(C)cc2)c(OC)cc1O. The van der Waals surface area contributed by atoms with Crippen molar-refractivity contribution in [2.45, 2.75) is 26.2 Å². The van der Waals surface area contributed by atoms with Crippen molar-refractivity contribution in [1.29, 1.82) is 0 Å². The van der Waals surface area contributed by atoms with Crippen LogP contribution in [0.15, 0.2) is 55.1 Å². The van der Waals surface area contributed by atoms with Gasteiger partial charge in [0.25, 0.3) is 0 Å². The molecule has 3 heteroatoms. The Morgan fingerprint density at radius 1 is 1.20 bits per heavy atom. The predicted molar refractivity (Wildman–Crippen MR) is 102 cm³/mol. The molecular formula is C22H24O3. The molecule has 0 spiro atoms. The summed E-state index contributed by atoms with van der Waals surface area (Å²) in [7, 11) is 1.53. The summed E-state index contributed by atoms with van der Waals surface area (Å²) in [5.41, 5.74) is 2.79. The molecule has 0 saturated carbocycles. The zero-order valence-electron chi connectivity index (χ0n) is 15.2. The Morgan fingerprint density at radius 3 is 2.40 bits per heavy atom. The summed E-state index contributed by atoms with van der Waals surface area (Å²) >= 11 is 0. The number of phenolic OH excluding ortho intramolecular Hbond substituents is 1. The van der Waals surface area contributed by atoms with E-state index in [0.717, 1.165) is 16.7 Å². The Labute approximate surface area is 149 Å².